The van der Waals surface area contributed by atoms with Gasteiger partial charge >= 0.3 is 0 Å². The molecule has 0 unspecified atom stereocenters. The molecule has 21 valence electrons. The Labute approximate surface area is 23.9 Å². The molecule has 0 atom stereocenters. The van der Waals surface area contributed by atoms with Crippen LogP contribution >= 0.6 is 0 Å². The van der Waals surface area contributed by atoms with Crippen molar-refractivity contribution in [2.24, 2.45) is 5.73 Å². The maximum absolute atomic E-state index is 8.81. The molecule has 2 N–H and O–H groups in total. The number of nitrogens with two attached hydrogens (primary N) is 1. The van der Waals surface area contributed by atoms with E-state index in [2.05, 4.69) is 5.73 Å². The van der Waals surface area contributed by atoms with Crippen LogP contribution in [0.4, 0.5) is 0 Å². The summed E-state index contributed by atoms with van der Waals surface area (Å²) in [5.74, 6) is 1.21. The fourth-order valence-corrected chi connectivity index (χ4v) is 0. The molecule has 0 aromatic heterocycles. The molecule has 0 aliphatic rings. The summed E-state index contributed by atoms with van der Waals surface area (Å²) >= 11 is 0. The third-order valence-electron chi connectivity index (χ3n) is 0.0589. The van der Waals surface area contributed by atoms with Crippen molar-refractivity contribution >= 4 is 5.94 Å². The van der Waals surface area contributed by atoms with E-state index in [9.17, 15) is 0 Å². The van der Waals surface area contributed by atoms with Crippen LogP contribution in [0.1, 0.15) is 0 Å². The Morgan fingerprint density at radius 2 is 2.00 bits per heavy atom. The van der Waals surface area contributed by atoms with E-state index in [1.807, 2.05) is 0 Å². The molecule has 0 amide bonds. The van der Waals surface area contributed by atoms with E-state index in [-0.39, 0.29) is 0 Å². The lowest BCUT2D eigenvalue weighted by Crippen LogP contribution is -1.74. The summed E-state index contributed by atoms with van der Waals surface area (Å²) in [6, 6.07) is 0. The molecule has 0 rings (SSSR count). The van der Waals surface area contributed by atoms with Crippen molar-refractivity contribution in [1.29, 1.82) is 0 Å². The smallest absolute Gasteiger partial charge is 0.153 e. The SMILES string of the molecule is N[C]=C=O. The van der Waals surface area contributed by atoms with Gasteiger partial charge < -0.3 is 5.73 Å². The lowest BCUT2D eigenvalue weighted by atomic mass is 11.1. The second-order valence-electron chi connectivity index (χ2n) is 0.246. The quantitative estimate of drug-likeness (QED) is 0.288. The average molecular weight is 56.0 g/mol. The highest BCUT2D eigenvalue weighted by Gasteiger charge is 1.33. The fourth-order valence-electron chi connectivity index (χ4n) is 0. The van der Waals surface area contributed by atoms with Gasteiger partial charge in [-0.05, 0) is 0 Å². The van der Waals surface area contributed by atoms with Crippen LogP contribution in [0.3, 0.4) is 0 Å². The molecule has 4 heavy (non-hydrogen) atoms. The molecule has 0 spiro atoms. The highest BCUT2D eigenvalue weighted by molar-refractivity contribution is 5.39. The van der Waals surface area contributed by atoms with Crippen LogP contribution in [0.15, 0.2) is 0 Å². The van der Waals surface area contributed by atoms with E-state index in [0.717, 1.165) is 0 Å². The Kier molecular flexibility index (Phi) is 1.83. The molecule has 0 fully saturated rings. The zero-order valence-electron chi connectivity index (χ0n) is 1.99. The van der Waals surface area contributed by atoms with E-state index < -0.39 is 0 Å². The molecular formula is C2H2NO. The van der Waals surface area contributed by atoms with Crippen molar-refractivity contribution in [3.63, 3.8) is 0 Å². The molecule has 0 aliphatic carbocycles. The second-order valence-corrected chi connectivity index (χ2v) is 0.246. The van der Waals surface area contributed by atoms with E-state index >= 15 is 0 Å². The van der Waals surface area contributed by atoms with Crippen LogP contribution in [0, 0.1) is 6.20 Å². The van der Waals surface area contributed by atoms with E-state index in [4.69, 9.17) is 4.79 Å². The predicted molar refractivity (Wildman–Crippen MR) is 13.1 cm³/mol. The van der Waals surface area contributed by atoms with Crippen LogP contribution < -0.4 is 5.73 Å². The lowest BCUT2D eigenvalue weighted by Gasteiger charge is -1.35. The number of carbonyl (C=O) groups excluding carboxylic acids is 1. The van der Waals surface area contributed by atoms with Crippen molar-refractivity contribution in [3.05, 3.63) is 6.20 Å². The van der Waals surface area contributed by atoms with Gasteiger partial charge in [-0.15, -0.1) is 0 Å². The second kappa shape index (κ2) is 2.25. The van der Waals surface area contributed by atoms with Crippen LogP contribution in [0.5, 0.6) is 0 Å². The summed E-state index contributed by atoms with van der Waals surface area (Å²) in [5, 5.41) is 0. The standard InChI is InChI=1S/C2H2NO/c3-1-2-4/h3H2. The van der Waals surface area contributed by atoms with E-state index in [0.29, 0.717) is 0 Å². The summed E-state index contributed by atoms with van der Waals surface area (Å²) in [5.41, 5.74) is 4.35. The Bertz CT molecular complexity index is 44.0. The monoisotopic (exact) mass is 56.0 g/mol. The van der Waals surface area contributed by atoms with Crippen LogP contribution in [-0.4, -0.2) is 5.94 Å². The highest BCUT2D eigenvalue weighted by Crippen LogP contribution is 1.09. The maximum atomic E-state index is 8.81. The zero-order chi connectivity index (χ0) is 3.41. The zero-order valence-corrected chi connectivity index (χ0v) is 1.99. The van der Waals surface area contributed by atoms with Gasteiger partial charge in [0.15, 0.2) is 12.1 Å². The molecule has 0 heterocycles. The number of hydrogen-bond acceptors (Lipinski definition) is 2. The third-order valence-corrected chi connectivity index (χ3v) is 0.0589. The van der Waals surface area contributed by atoms with Crippen LogP contribution in [0.2, 0.25) is 0 Å². The van der Waals surface area contributed by atoms with Crippen molar-refractivity contribution in [1.82, 2.24) is 0 Å². The molecule has 0 saturated heterocycles. The van der Waals surface area contributed by atoms with Gasteiger partial charge in [-0.2, -0.15) is 0 Å². The molecule has 0 saturated carbocycles. The average Bonchev–Trinajstić information content (AvgIpc) is 1.37. The molecule has 0 aliphatic heterocycles. The maximum Gasteiger partial charge on any atom is 0.153 e. The minimum Gasteiger partial charge on any atom is -0.387 e. The molecule has 0 aromatic rings. The van der Waals surface area contributed by atoms with Gasteiger partial charge in [0, 0.05) is 0 Å². The van der Waals surface area contributed by atoms with Crippen LogP contribution in [-0.2, 0) is 4.79 Å². The fraction of sp³-hybridized carbons (Fsp3) is 0. The van der Waals surface area contributed by atoms with Crippen LogP contribution in [0.25, 0.3) is 0 Å². The first-order valence-electron chi connectivity index (χ1n) is 0.743. The molecule has 0 bridgehead atoms. The number of hydrogen-bond donors (Lipinski definition) is 1. The topological polar surface area (TPSA) is 43.1 Å². The lowest BCUT2D eigenvalue weighted by molar-refractivity contribution is 0.568. The molecule has 2 heteroatoms. The van der Waals surface area contributed by atoms with E-state index in [1.54, 1.807) is 6.20 Å². The number of rotatable bonds is 0. The Hall–Kier alpha value is -0.750. The summed E-state index contributed by atoms with van der Waals surface area (Å²) in [6.07, 6.45) is 1.62. The van der Waals surface area contributed by atoms with Crippen molar-refractivity contribution in [2.45, 2.75) is 0 Å². The summed E-state index contributed by atoms with van der Waals surface area (Å²) in [7, 11) is 0. The van der Waals surface area contributed by atoms with Gasteiger partial charge in [-0.1, -0.05) is 0 Å². The normalized spacial score (nSPS) is 4.00. The summed E-state index contributed by atoms with van der Waals surface area (Å²) < 4.78 is 0. The largest absolute Gasteiger partial charge is 0.387 e. The van der Waals surface area contributed by atoms with Gasteiger partial charge in [0.25, 0.3) is 0 Å². The van der Waals surface area contributed by atoms with Gasteiger partial charge in [-0.25, -0.2) is 4.79 Å². The first-order valence-corrected chi connectivity index (χ1v) is 0.743. The van der Waals surface area contributed by atoms with Gasteiger partial charge in [0.2, 0.25) is 0 Å². The first kappa shape index (κ1) is 3.25. The minimum atomic E-state index is 1.21. The van der Waals surface area contributed by atoms with Crippen molar-refractivity contribution < 1.29 is 4.79 Å². The van der Waals surface area contributed by atoms with Gasteiger partial charge in [0.05, 0.1) is 0 Å². The Morgan fingerprint density at radius 1 is 1.75 bits per heavy atom. The van der Waals surface area contributed by atoms with Crippen molar-refractivity contribution in [2.75, 3.05) is 0 Å². The first-order chi connectivity index (χ1) is 1.91. The third kappa shape index (κ3) is 1.25. The molecular weight excluding hydrogens is 54.0 g/mol. The predicted octanol–water partition coefficient (Wildman–Crippen LogP) is -0.906. The molecule has 1 radical (unpaired) electrons. The molecule has 0 aromatic carbocycles. The molecule has 2 nitrogen and oxygen atoms in total. The minimum absolute atomic E-state index is 1.21. The Morgan fingerprint density at radius 3 is 2.00 bits per heavy atom. The van der Waals surface area contributed by atoms with Crippen molar-refractivity contribution in [3.8, 4) is 0 Å². The van der Waals surface area contributed by atoms with Gasteiger partial charge in [-0.3, -0.25) is 0 Å². The highest BCUT2D eigenvalue weighted by atomic mass is 16.1. The summed E-state index contributed by atoms with van der Waals surface area (Å²) in [6.45, 7) is 0. The summed E-state index contributed by atoms with van der Waals surface area (Å²) in [4.78, 5) is 8.81. The van der Waals surface area contributed by atoms with Gasteiger partial charge in [0.1, 0.15) is 0 Å². The van der Waals surface area contributed by atoms with E-state index in [1.165, 1.54) is 5.94 Å². The Balaban J connectivity index is 3.11.